The van der Waals surface area contributed by atoms with Crippen molar-refractivity contribution >= 4 is 10.9 Å². The molecule has 2 aromatic heterocycles. The summed E-state index contributed by atoms with van der Waals surface area (Å²) in [5, 5.41) is 15.6. The molecule has 0 amide bonds. The lowest BCUT2D eigenvalue weighted by atomic mass is 10.0. The number of aromatic nitrogens is 3. The van der Waals surface area contributed by atoms with Gasteiger partial charge in [0.05, 0.1) is 29.2 Å². The summed E-state index contributed by atoms with van der Waals surface area (Å²) in [6.07, 6.45) is 5.27. The third-order valence-electron chi connectivity index (χ3n) is 3.40. The van der Waals surface area contributed by atoms with Gasteiger partial charge < -0.3 is 5.11 Å². The predicted molar refractivity (Wildman–Crippen MR) is 78.8 cm³/mol. The summed E-state index contributed by atoms with van der Waals surface area (Å²) in [7, 11) is 0. The largest absolute Gasteiger partial charge is 0.386 e. The molecule has 0 unspecified atom stereocenters. The van der Waals surface area contributed by atoms with Gasteiger partial charge in [-0.25, -0.2) is 4.68 Å². The monoisotopic (exact) mass is 267 g/mol. The van der Waals surface area contributed by atoms with E-state index in [-0.39, 0.29) is 0 Å². The molecular weight excluding hydrogens is 250 g/mol. The number of aliphatic hydroxyl groups is 1. The minimum atomic E-state index is -0.915. The summed E-state index contributed by atoms with van der Waals surface area (Å²) in [6.45, 7) is 5.56. The molecule has 0 saturated heterocycles. The second-order valence-corrected chi connectivity index (χ2v) is 5.61. The fourth-order valence-electron chi connectivity index (χ4n) is 2.21. The number of benzene rings is 1. The van der Waals surface area contributed by atoms with Crippen molar-refractivity contribution < 1.29 is 5.11 Å². The average Bonchev–Trinajstić information content (AvgIpc) is 2.81. The number of hydrogen-bond donors (Lipinski definition) is 1. The summed E-state index contributed by atoms with van der Waals surface area (Å²) >= 11 is 0. The van der Waals surface area contributed by atoms with E-state index >= 15 is 0 Å². The fourth-order valence-corrected chi connectivity index (χ4v) is 2.21. The van der Waals surface area contributed by atoms with Crippen LogP contribution in [0.25, 0.3) is 16.6 Å². The van der Waals surface area contributed by atoms with Gasteiger partial charge in [0, 0.05) is 17.1 Å². The molecule has 3 aromatic rings. The third-order valence-corrected chi connectivity index (χ3v) is 3.40. The van der Waals surface area contributed by atoms with Crippen LogP contribution in [0, 0.1) is 6.92 Å². The molecule has 0 bridgehead atoms. The highest BCUT2D eigenvalue weighted by molar-refractivity contribution is 5.80. The van der Waals surface area contributed by atoms with E-state index < -0.39 is 5.60 Å². The second kappa shape index (κ2) is 4.42. The van der Waals surface area contributed by atoms with Crippen molar-refractivity contribution in [1.82, 2.24) is 14.8 Å². The smallest absolute Gasteiger partial charge is 0.0856 e. The van der Waals surface area contributed by atoms with Crippen LogP contribution in [0.2, 0.25) is 0 Å². The molecule has 3 rings (SSSR count). The third kappa shape index (κ3) is 2.18. The standard InChI is InChI=1S/C16H17N3O/c1-11-4-5-12-8-18-19(15(12)6-11)14-7-13(9-17-10-14)16(2,3)20/h4-10,20H,1-3H3. The Hall–Kier alpha value is -2.20. The Kier molecular flexibility index (Phi) is 2.83. The first-order chi connectivity index (χ1) is 9.45. The summed E-state index contributed by atoms with van der Waals surface area (Å²) in [6, 6.07) is 8.14. The van der Waals surface area contributed by atoms with Crippen molar-refractivity contribution in [3.63, 3.8) is 0 Å². The van der Waals surface area contributed by atoms with Crippen LogP contribution in [0.4, 0.5) is 0 Å². The van der Waals surface area contributed by atoms with Crippen molar-refractivity contribution in [3.05, 3.63) is 54.0 Å². The maximum atomic E-state index is 10.1. The second-order valence-electron chi connectivity index (χ2n) is 5.61. The molecule has 4 heteroatoms. The molecule has 0 spiro atoms. The van der Waals surface area contributed by atoms with E-state index in [0.717, 1.165) is 22.2 Å². The van der Waals surface area contributed by atoms with Gasteiger partial charge >= 0.3 is 0 Å². The Labute approximate surface area is 117 Å². The molecule has 1 N–H and O–H groups in total. The van der Waals surface area contributed by atoms with Gasteiger partial charge in [-0.2, -0.15) is 5.10 Å². The number of aryl methyl sites for hydroxylation is 1. The highest BCUT2D eigenvalue weighted by Crippen LogP contribution is 2.23. The van der Waals surface area contributed by atoms with Crippen molar-refractivity contribution in [2.75, 3.05) is 0 Å². The van der Waals surface area contributed by atoms with Crippen LogP contribution in [-0.4, -0.2) is 19.9 Å². The highest BCUT2D eigenvalue weighted by atomic mass is 16.3. The molecule has 20 heavy (non-hydrogen) atoms. The first-order valence-corrected chi connectivity index (χ1v) is 6.58. The topological polar surface area (TPSA) is 50.9 Å². The molecule has 0 aliphatic heterocycles. The summed E-state index contributed by atoms with van der Waals surface area (Å²) in [5.74, 6) is 0. The zero-order chi connectivity index (χ0) is 14.3. The number of hydrogen-bond acceptors (Lipinski definition) is 3. The zero-order valence-corrected chi connectivity index (χ0v) is 11.8. The van der Waals surface area contributed by atoms with Crippen LogP contribution < -0.4 is 0 Å². The van der Waals surface area contributed by atoms with E-state index in [1.165, 1.54) is 5.56 Å². The lowest BCUT2D eigenvalue weighted by Crippen LogP contribution is -2.16. The Balaban J connectivity index is 2.18. The van der Waals surface area contributed by atoms with Gasteiger partial charge in [-0.15, -0.1) is 0 Å². The molecule has 0 radical (unpaired) electrons. The van der Waals surface area contributed by atoms with Gasteiger partial charge in [0.2, 0.25) is 0 Å². The summed E-state index contributed by atoms with van der Waals surface area (Å²) < 4.78 is 1.85. The van der Waals surface area contributed by atoms with Crippen molar-refractivity contribution in [2.24, 2.45) is 0 Å². The van der Waals surface area contributed by atoms with Gasteiger partial charge in [0.15, 0.2) is 0 Å². The van der Waals surface area contributed by atoms with E-state index in [0.29, 0.717) is 0 Å². The Bertz CT molecular complexity index is 769. The Morgan fingerprint density at radius 3 is 2.65 bits per heavy atom. The SMILES string of the molecule is Cc1ccc2cnn(-c3cncc(C(C)(C)O)c3)c2c1. The number of pyridine rings is 1. The lowest BCUT2D eigenvalue weighted by molar-refractivity contribution is 0.0782. The maximum Gasteiger partial charge on any atom is 0.0856 e. The zero-order valence-electron chi connectivity index (χ0n) is 11.8. The van der Waals surface area contributed by atoms with Crippen molar-refractivity contribution in [2.45, 2.75) is 26.4 Å². The molecule has 102 valence electrons. The van der Waals surface area contributed by atoms with E-state index in [1.54, 1.807) is 26.2 Å². The van der Waals surface area contributed by atoms with Crippen molar-refractivity contribution in [1.29, 1.82) is 0 Å². The Morgan fingerprint density at radius 1 is 1.10 bits per heavy atom. The van der Waals surface area contributed by atoms with Gasteiger partial charge in [0.1, 0.15) is 0 Å². The number of nitrogens with zero attached hydrogens (tertiary/aromatic N) is 3. The van der Waals surface area contributed by atoms with E-state index in [2.05, 4.69) is 35.2 Å². The first kappa shape index (κ1) is 12.8. The fraction of sp³-hybridized carbons (Fsp3) is 0.250. The van der Waals surface area contributed by atoms with Crippen LogP contribution in [0.1, 0.15) is 25.0 Å². The number of fused-ring (bicyclic) bond motifs is 1. The number of rotatable bonds is 2. The molecular formula is C16H17N3O. The van der Waals surface area contributed by atoms with Gasteiger partial charge in [-0.3, -0.25) is 4.98 Å². The Morgan fingerprint density at radius 2 is 1.90 bits per heavy atom. The van der Waals surface area contributed by atoms with Crippen LogP contribution in [0.3, 0.4) is 0 Å². The molecule has 0 saturated carbocycles. The quantitative estimate of drug-likeness (QED) is 0.776. The van der Waals surface area contributed by atoms with Crippen LogP contribution in [-0.2, 0) is 5.60 Å². The molecule has 0 fully saturated rings. The van der Waals surface area contributed by atoms with Crippen LogP contribution in [0.15, 0.2) is 42.9 Å². The molecule has 0 atom stereocenters. The molecule has 1 aromatic carbocycles. The summed E-state index contributed by atoms with van der Waals surface area (Å²) in [4.78, 5) is 4.22. The highest BCUT2D eigenvalue weighted by Gasteiger charge is 2.17. The predicted octanol–water partition coefficient (Wildman–Crippen LogP) is 2.96. The van der Waals surface area contributed by atoms with Gasteiger partial charge in [-0.05, 0) is 38.5 Å². The van der Waals surface area contributed by atoms with Crippen LogP contribution in [0.5, 0.6) is 0 Å². The van der Waals surface area contributed by atoms with E-state index in [1.807, 2.05) is 16.9 Å². The normalized spacial score (nSPS) is 12.0. The first-order valence-electron chi connectivity index (χ1n) is 6.58. The minimum Gasteiger partial charge on any atom is -0.386 e. The summed E-state index contributed by atoms with van der Waals surface area (Å²) in [5.41, 5.74) is 2.93. The lowest BCUT2D eigenvalue weighted by Gasteiger charge is -2.18. The van der Waals surface area contributed by atoms with Gasteiger partial charge in [-0.1, -0.05) is 12.1 Å². The van der Waals surface area contributed by atoms with Crippen LogP contribution >= 0.6 is 0 Å². The molecule has 4 nitrogen and oxygen atoms in total. The molecule has 2 heterocycles. The van der Waals surface area contributed by atoms with Crippen molar-refractivity contribution in [3.8, 4) is 5.69 Å². The maximum absolute atomic E-state index is 10.1. The molecule has 0 aliphatic carbocycles. The van der Waals surface area contributed by atoms with E-state index in [9.17, 15) is 5.11 Å². The van der Waals surface area contributed by atoms with E-state index in [4.69, 9.17) is 0 Å². The van der Waals surface area contributed by atoms with Gasteiger partial charge in [0.25, 0.3) is 0 Å². The molecule has 0 aliphatic rings. The minimum absolute atomic E-state index is 0.770. The average molecular weight is 267 g/mol.